The van der Waals surface area contributed by atoms with Gasteiger partial charge in [-0.3, -0.25) is 0 Å². The Hall–Kier alpha value is 0.130. The summed E-state index contributed by atoms with van der Waals surface area (Å²) in [6, 6.07) is 0. The van der Waals surface area contributed by atoms with Gasteiger partial charge < -0.3 is 20.1 Å². The molecule has 0 bridgehead atoms. The van der Waals surface area contributed by atoms with E-state index in [-0.39, 0.29) is 38.9 Å². The molecule has 0 saturated carbocycles. The third kappa shape index (κ3) is 3.69. The lowest BCUT2D eigenvalue weighted by molar-refractivity contribution is -0.0223. The van der Waals surface area contributed by atoms with Gasteiger partial charge in [0.15, 0.2) is 0 Å². The fraction of sp³-hybridized carbons (Fsp3) is 1.00. The van der Waals surface area contributed by atoms with Crippen molar-refractivity contribution in [3.05, 3.63) is 0 Å². The summed E-state index contributed by atoms with van der Waals surface area (Å²) in [6.07, 6.45) is 0. The summed E-state index contributed by atoms with van der Waals surface area (Å²) >= 11 is 5.54. The summed E-state index contributed by atoms with van der Waals surface area (Å²) in [5, 5.41) is 26.2. The van der Waals surface area contributed by atoms with E-state index in [1.807, 2.05) is 0 Å². The molecule has 5 heteroatoms. The first-order valence-electron chi connectivity index (χ1n) is 3.71. The minimum atomic E-state index is -0.781. The van der Waals surface area contributed by atoms with E-state index in [1.54, 1.807) is 0 Å². The van der Waals surface area contributed by atoms with Crippen molar-refractivity contribution < 1.29 is 20.1 Å². The molecule has 0 aliphatic carbocycles. The molecule has 0 radical (unpaired) electrons. The second-order valence-corrected chi connectivity index (χ2v) is 2.99. The normalized spacial score (nSPS) is 12.0. The highest BCUT2D eigenvalue weighted by Gasteiger charge is 2.27. The minimum Gasteiger partial charge on any atom is -0.396 e. The number of rotatable bonds is 7. The monoisotopic (exact) mass is 198 g/mol. The molecule has 0 aliphatic heterocycles. The molecule has 0 heterocycles. The molecule has 3 N–H and O–H groups in total. The molecule has 0 aromatic heterocycles. The number of halogens is 1. The smallest absolute Gasteiger partial charge is 0.0698 e. The Balaban J connectivity index is 3.76. The molecule has 0 unspecified atom stereocenters. The Morgan fingerprint density at radius 3 is 2.08 bits per heavy atom. The third-order valence-electron chi connectivity index (χ3n) is 1.60. The molecule has 0 saturated heterocycles. The van der Waals surface area contributed by atoms with Gasteiger partial charge in [0, 0.05) is 5.88 Å². The van der Waals surface area contributed by atoms with Crippen LogP contribution in [0.15, 0.2) is 0 Å². The van der Waals surface area contributed by atoms with E-state index in [0.29, 0.717) is 0 Å². The van der Waals surface area contributed by atoms with Crippen molar-refractivity contribution in [2.75, 3.05) is 38.9 Å². The fourth-order valence-electron chi connectivity index (χ4n) is 0.618. The standard InChI is InChI=1S/C7H15ClO4/c8-3-7(4-10,5-11)6-12-2-1-9/h9-11H,1-6H2. The highest BCUT2D eigenvalue weighted by molar-refractivity contribution is 6.18. The summed E-state index contributed by atoms with van der Waals surface area (Å²) in [6.45, 7) is -0.172. The van der Waals surface area contributed by atoms with Crippen LogP contribution < -0.4 is 0 Å². The van der Waals surface area contributed by atoms with Crippen molar-refractivity contribution >= 4 is 11.6 Å². The van der Waals surface area contributed by atoms with Crippen molar-refractivity contribution in [3.8, 4) is 0 Å². The van der Waals surface area contributed by atoms with Gasteiger partial charge in [0.05, 0.1) is 38.4 Å². The predicted molar refractivity (Wildman–Crippen MR) is 45.2 cm³/mol. The van der Waals surface area contributed by atoms with Crippen LogP contribution in [-0.4, -0.2) is 54.2 Å². The summed E-state index contributed by atoms with van der Waals surface area (Å²) in [5.41, 5.74) is -0.781. The highest BCUT2D eigenvalue weighted by Crippen LogP contribution is 2.17. The van der Waals surface area contributed by atoms with Crippen LogP contribution in [0.4, 0.5) is 0 Å². The first-order chi connectivity index (χ1) is 5.74. The second kappa shape index (κ2) is 6.62. The van der Waals surface area contributed by atoms with Crippen LogP contribution in [0, 0.1) is 5.41 Å². The molecular weight excluding hydrogens is 184 g/mol. The molecule has 0 aliphatic rings. The lowest BCUT2D eigenvalue weighted by Crippen LogP contribution is -2.37. The summed E-state index contributed by atoms with van der Waals surface area (Å²) in [5.74, 6) is 0.130. The molecule has 0 fully saturated rings. The number of aliphatic hydroxyl groups excluding tert-OH is 3. The van der Waals surface area contributed by atoms with Crippen LogP contribution in [0.2, 0.25) is 0 Å². The van der Waals surface area contributed by atoms with Crippen LogP contribution in [0.1, 0.15) is 0 Å². The topological polar surface area (TPSA) is 69.9 Å². The van der Waals surface area contributed by atoms with E-state index < -0.39 is 5.41 Å². The summed E-state index contributed by atoms with van der Waals surface area (Å²) in [4.78, 5) is 0. The van der Waals surface area contributed by atoms with Gasteiger partial charge in [-0.15, -0.1) is 11.6 Å². The first-order valence-corrected chi connectivity index (χ1v) is 4.24. The fourth-order valence-corrected chi connectivity index (χ4v) is 0.864. The van der Waals surface area contributed by atoms with Gasteiger partial charge in [-0.2, -0.15) is 0 Å². The Morgan fingerprint density at radius 1 is 1.17 bits per heavy atom. The Kier molecular flexibility index (Phi) is 6.70. The SMILES string of the molecule is OCCOCC(CO)(CO)CCl. The summed E-state index contributed by atoms with van der Waals surface area (Å²) in [7, 11) is 0. The molecule has 0 atom stereocenters. The van der Waals surface area contributed by atoms with E-state index >= 15 is 0 Å². The van der Waals surface area contributed by atoms with E-state index in [2.05, 4.69) is 0 Å². The van der Waals surface area contributed by atoms with Gasteiger partial charge in [0.1, 0.15) is 0 Å². The average Bonchev–Trinajstić information content (AvgIpc) is 2.14. The van der Waals surface area contributed by atoms with E-state index in [1.165, 1.54) is 0 Å². The molecule has 0 spiro atoms. The van der Waals surface area contributed by atoms with Gasteiger partial charge >= 0.3 is 0 Å². The molecule has 74 valence electrons. The van der Waals surface area contributed by atoms with Gasteiger partial charge in [-0.05, 0) is 0 Å². The molecule has 0 aromatic rings. The number of aliphatic hydroxyl groups is 3. The van der Waals surface area contributed by atoms with Gasteiger partial charge in [0.2, 0.25) is 0 Å². The van der Waals surface area contributed by atoms with Gasteiger partial charge in [0.25, 0.3) is 0 Å². The van der Waals surface area contributed by atoms with Crippen LogP contribution in [0.3, 0.4) is 0 Å². The van der Waals surface area contributed by atoms with Crippen LogP contribution in [-0.2, 0) is 4.74 Å². The van der Waals surface area contributed by atoms with Crippen LogP contribution in [0.5, 0.6) is 0 Å². The zero-order chi connectivity index (χ0) is 9.45. The molecule has 4 nitrogen and oxygen atoms in total. The number of hydrogen-bond acceptors (Lipinski definition) is 4. The molecule has 0 amide bonds. The van der Waals surface area contributed by atoms with E-state index in [4.69, 9.17) is 31.7 Å². The van der Waals surface area contributed by atoms with E-state index in [9.17, 15) is 0 Å². The number of hydrogen-bond donors (Lipinski definition) is 3. The Bertz CT molecular complexity index is 97.3. The maximum Gasteiger partial charge on any atom is 0.0698 e. The number of ether oxygens (including phenoxy) is 1. The maximum atomic E-state index is 8.89. The maximum absolute atomic E-state index is 8.89. The third-order valence-corrected chi connectivity index (χ3v) is 2.17. The van der Waals surface area contributed by atoms with Crippen molar-refractivity contribution in [1.29, 1.82) is 0 Å². The van der Waals surface area contributed by atoms with Gasteiger partial charge in [-0.1, -0.05) is 0 Å². The molecule has 0 rings (SSSR count). The largest absolute Gasteiger partial charge is 0.396 e. The quantitative estimate of drug-likeness (QED) is 0.370. The first kappa shape index (κ1) is 12.1. The predicted octanol–water partition coefficient (Wildman–Crippen LogP) is -0.795. The Labute approximate surface area is 76.7 Å². The lowest BCUT2D eigenvalue weighted by atomic mass is 9.94. The second-order valence-electron chi connectivity index (χ2n) is 2.73. The van der Waals surface area contributed by atoms with Gasteiger partial charge in [-0.25, -0.2) is 0 Å². The van der Waals surface area contributed by atoms with E-state index in [0.717, 1.165) is 0 Å². The highest BCUT2D eigenvalue weighted by atomic mass is 35.5. The zero-order valence-corrected chi connectivity index (χ0v) is 7.63. The average molecular weight is 199 g/mol. The molecule has 12 heavy (non-hydrogen) atoms. The zero-order valence-electron chi connectivity index (χ0n) is 6.87. The van der Waals surface area contributed by atoms with Crippen LogP contribution in [0.25, 0.3) is 0 Å². The van der Waals surface area contributed by atoms with Crippen molar-refractivity contribution in [3.63, 3.8) is 0 Å². The number of alkyl halides is 1. The molecule has 0 aromatic carbocycles. The van der Waals surface area contributed by atoms with Crippen molar-refractivity contribution in [1.82, 2.24) is 0 Å². The Morgan fingerprint density at radius 2 is 1.75 bits per heavy atom. The van der Waals surface area contributed by atoms with Crippen molar-refractivity contribution in [2.24, 2.45) is 5.41 Å². The van der Waals surface area contributed by atoms with Crippen molar-refractivity contribution in [2.45, 2.75) is 0 Å². The lowest BCUT2D eigenvalue weighted by Gasteiger charge is -2.26. The summed E-state index contributed by atoms with van der Waals surface area (Å²) < 4.78 is 4.97. The van der Waals surface area contributed by atoms with Crippen LogP contribution >= 0.6 is 11.6 Å². The minimum absolute atomic E-state index is 0.0742. The molecular formula is C7H15ClO4.